The van der Waals surface area contributed by atoms with Gasteiger partial charge in [-0.05, 0) is 11.8 Å². The number of carbonyl (C=O) groups is 1. The minimum absolute atomic E-state index is 0.0885. The molecule has 2 nitrogen and oxygen atoms in total. The van der Waals surface area contributed by atoms with Crippen molar-refractivity contribution in [2.75, 3.05) is 0 Å². The highest BCUT2D eigenvalue weighted by Gasteiger charge is 2.45. The standard InChI is InChI=1S/C7H13NO/c1-5(9)8-6-4-7(6,2)3/h6H,4H2,1-3H3,(H,8,9). The van der Waals surface area contributed by atoms with Crippen LogP contribution in [-0.2, 0) is 4.79 Å². The summed E-state index contributed by atoms with van der Waals surface area (Å²) in [7, 11) is 0. The van der Waals surface area contributed by atoms with Crippen molar-refractivity contribution >= 4 is 5.91 Å². The van der Waals surface area contributed by atoms with E-state index in [1.54, 1.807) is 6.92 Å². The van der Waals surface area contributed by atoms with Gasteiger partial charge in [-0.25, -0.2) is 0 Å². The molecule has 0 aromatic rings. The average molecular weight is 127 g/mol. The van der Waals surface area contributed by atoms with E-state index in [2.05, 4.69) is 19.2 Å². The van der Waals surface area contributed by atoms with Crippen molar-refractivity contribution in [3.63, 3.8) is 0 Å². The molecule has 0 saturated heterocycles. The van der Waals surface area contributed by atoms with Crippen LogP contribution in [0.2, 0.25) is 0 Å². The molecule has 0 aromatic heterocycles. The van der Waals surface area contributed by atoms with E-state index in [1.807, 2.05) is 0 Å². The van der Waals surface area contributed by atoms with Crippen LogP contribution in [0.15, 0.2) is 0 Å². The number of hydrogen-bond acceptors (Lipinski definition) is 1. The molecule has 1 aliphatic carbocycles. The summed E-state index contributed by atoms with van der Waals surface area (Å²) < 4.78 is 0. The molecule has 1 saturated carbocycles. The minimum Gasteiger partial charge on any atom is -0.353 e. The molecule has 1 fully saturated rings. The van der Waals surface area contributed by atoms with Gasteiger partial charge in [0.2, 0.25) is 5.91 Å². The molecule has 0 aliphatic heterocycles. The van der Waals surface area contributed by atoms with Gasteiger partial charge in [0.1, 0.15) is 0 Å². The lowest BCUT2D eigenvalue weighted by Crippen LogP contribution is -2.25. The van der Waals surface area contributed by atoms with Crippen molar-refractivity contribution < 1.29 is 4.79 Å². The summed E-state index contributed by atoms with van der Waals surface area (Å²) in [6, 6.07) is 0.440. The average Bonchev–Trinajstić information content (AvgIpc) is 2.10. The lowest BCUT2D eigenvalue weighted by atomic mass is 10.2. The lowest BCUT2D eigenvalue weighted by Gasteiger charge is -2.01. The van der Waals surface area contributed by atoms with E-state index < -0.39 is 0 Å². The second kappa shape index (κ2) is 1.72. The van der Waals surface area contributed by atoms with Gasteiger partial charge in [-0.1, -0.05) is 13.8 Å². The Morgan fingerprint density at radius 2 is 2.11 bits per heavy atom. The number of nitrogens with one attached hydrogen (secondary N) is 1. The molecule has 2 heteroatoms. The topological polar surface area (TPSA) is 29.1 Å². The second-order valence-electron chi connectivity index (χ2n) is 3.45. The van der Waals surface area contributed by atoms with Crippen LogP contribution in [0.1, 0.15) is 27.2 Å². The third-order valence-corrected chi connectivity index (χ3v) is 1.89. The summed E-state index contributed by atoms with van der Waals surface area (Å²) >= 11 is 0. The zero-order valence-corrected chi connectivity index (χ0v) is 6.19. The van der Waals surface area contributed by atoms with Gasteiger partial charge in [0, 0.05) is 13.0 Å². The van der Waals surface area contributed by atoms with Crippen LogP contribution in [0.3, 0.4) is 0 Å². The predicted molar refractivity (Wildman–Crippen MR) is 36.0 cm³/mol. The second-order valence-corrected chi connectivity index (χ2v) is 3.45. The monoisotopic (exact) mass is 127 g/mol. The van der Waals surface area contributed by atoms with E-state index in [4.69, 9.17) is 0 Å². The summed E-state index contributed by atoms with van der Waals surface area (Å²) in [5, 5.41) is 2.87. The van der Waals surface area contributed by atoms with Crippen molar-refractivity contribution in [2.45, 2.75) is 33.2 Å². The first kappa shape index (κ1) is 6.59. The highest BCUT2D eigenvalue weighted by Crippen LogP contribution is 2.44. The molecular formula is C7H13NO. The molecule has 0 bridgehead atoms. The van der Waals surface area contributed by atoms with Gasteiger partial charge in [-0.2, -0.15) is 0 Å². The molecule has 9 heavy (non-hydrogen) atoms. The number of amides is 1. The fourth-order valence-electron chi connectivity index (χ4n) is 0.959. The van der Waals surface area contributed by atoms with Crippen LogP contribution >= 0.6 is 0 Å². The summed E-state index contributed by atoms with van der Waals surface area (Å²) in [5.41, 5.74) is 0.367. The van der Waals surface area contributed by atoms with Crippen molar-refractivity contribution in [2.24, 2.45) is 5.41 Å². The molecule has 0 heterocycles. The Labute approximate surface area is 55.6 Å². The Balaban J connectivity index is 2.28. The van der Waals surface area contributed by atoms with Crippen LogP contribution in [-0.4, -0.2) is 11.9 Å². The number of carbonyl (C=O) groups excluding carboxylic acids is 1. The lowest BCUT2D eigenvalue weighted by molar-refractivity contribution is -0.119. The largest absolute Gasteiger partial charge is 0.353 e. The first-order valence-electron chi connectivity index (χ1n) is 3.29. The molecule has 1 amide bonds. The molecular weight excluding hydrogens is 114 g/mol. The van der Waals surface area contributed by atoms with Gasteiger partial charge >= 0.3 is 0 Å². The predicted octanol–water partition coefficient (Wildman–Crippen LogP) is 0.921. The summed E-state index contributed by atoms with van der Waals surface area (Å²) in [5.74, 6) is 0.0885. The zero-order chi connectivity index (χ0) is 7.07. The molecule has 0 spiro atoms. The van der Waals surface area contributed by atoms with Gasteiger partial charge in [0.25, 0.3) is 0 Å². The Morgan fingerprint density at radius 1 is 1.67 bits per heavy atom. The molecule has 1 unspecified atom stereocenters. The maximum Gasteiger partial charge on any atom is 0.217 e. The third-order valence-electron chi connectivity index (χ3n) is 1.89. The van der Waals surface area contributed by atoms with Crippen molar-refractivity contribution in [1.29, 1.82) is 0 Å². The minimum atomic E-state index is 0.0885. The third kappa shape index (κ3) is 1.44. The van der Waals surface area contributed by atoms with E-state index in [0.717, 1.165) is 6.42 Å². The van der Waals surface area contributed by atoms with E-state index >= 15 is 0 Å². The summed E-state index contributed by atoms with van der Waals surface area (Å²) in [6.45, 7) is 5.88. The maximum atomic E-state index is 10.5. The van der Waals surface area contributed by atoms with E-state index in [0.29, 0.717) is 11.5 Å². The van der Waals surface area contributed by atoms with Crippen LogP contribution in [0.5, 0.6) is 0 Å². The quantitative estimate of drug-likeness (QED) is 0.557. The van der Waals surface area contributed by atoms with Gasteiger partial charge < -0.3 is 5.32 Å². The normalized spacial score (nSPS) is 29.4. The molecule has 1 N–H and O–H groups in total. The Kier molecular flexibility index (Phi) is 1.26. The first-order valence-corrected chi connectivity index (χ1v) is 3.29. The van der Waals surface area contributed by atoms with Gasteiger partial charge in [-0.3, -0.25) is 4.79 Å². The molecule has 0 aromatic carbocycles. The van der Waals surface area contributed by atoms with E-state index in [1.165, 1.54) is 0 Å². The molecule has 52 valence electrons. The van der Waals surface area contributed by atoms with Crippen molar-refractivity contribution in [3.8, 4) is 0 Å². The highest BCUT2D eigenvalue weighted by atomic mass is 16.1. The summed E-state index contributed by atoms with van der Waals surface area (Å²) in [6.07, 6.45) is 1.13. The number of hydrogen-bond donors (Lipinski definition) is 1. The van der Waals surface area contributed by atoms with Gasteiger partial charge in [0.05, 0.1) is 0 Å². The van der Waals surface area contributed by atoms with Crippen LogP contribution < -0.4 is 5.32 Å². The maximum absolute atomic E-state index is 10.5. The Bertz CT molecular complexity index is 140. The fourth-order valence-corrected chi connectivity index (χ4v) is 0.959. The molecule has 1 aliphatic rings. The fraction of sp³-hybridized carbons (Fsp3) is 0.857. The summed E-state index contributed by atoms with van der Waals surface area (Å²) in [4.78, 5) is 10.5. The SMILES string of the molecule is CC(=O)NC1CC1(C)C. The van der Waals surface area contributed by atoms with E-state index in [9.17, 15) is 4.79 Å². The molecule has 0 radical (unpaired) electrons. The Hall–Kier alpha value is -0.530. The van der Waals surface area contributed by atoms with E-state index in [-0.39, 0.29) is 5.91 Å². The van der Waals surface area contributed by atoms with Gasteiger partial charge in [0.15, 0.2) is 0 Å². The van der Waals surface area contributed by atoms with Crippen LogP contribution in [0.25, 0.3) is 0 Å². The highest BCUT2D eigenvalue weighted by molar-refractivity contribution is 5.73. The molecule has 1 rings (SSSR count). The zero-order valence-electron chi connectivity index (χ0n) is 6.19. The number of rotatable bonds is 1. The smallest absolute Gasteiger partial charge is 0.217 e. The van der Waals surface area contributed by atoms with Crippen molar-refractivity contribution in [1.82, 2.24) is 5.32 Å². The molecule has 1 atom stereocenters. The first-order chi connectivity index (χ1) is 4.02. The Morgan fingerprint density at radius 3 is 2.22 bits per heavy atom. The van der Waals surface area contributed by atoms with Crippen molar-refractivity contribution in [3.05, 3.63) is 0 Å². The van der Waals surface area contributed by atoms with Crippen LogP contribution in [0.4, 0.5) is 0 Å². The van der Waals surface area contributed by atoms with Crippen LogP contribution in [0, 0.1) is 5.41 Å². The van der Waals surface area contributed by atoms with Gasteiger partial charge in [-0.15, -0.1) is 0 Å².